The summed E-state index contributed by atoms with van der Waals surface area (Å²) in [6.45, 7) is 0. The summed E-state index contributed by atoms with van der Waals surface area (Å²) in [6.07, 6.45) is 5.30. The summed E-state index contributed by atoms with van der Waals surface area (Å²) in [5.41, 5.74) is 0.931. The number of nitrogens with zero attached hydrogens (tertiary/aromatic N) is 2. The molecule has 1 aromatic carbocycles. The molecule has 4 nitrogen and oxygen atoms in total. The highest BCUT2D eigenvalue weighted by molar-refractivity contribution is 9.10. The lowest BCUT2D eigenvalue weighted by atomic mass is 9.96. The van der Waals surface area contributed by atoms with Crippen LogP contribution < -0.4 is 0 Å². The summed E-state index contributed by atoms with van der Waals surface area (Å²) in [4.78, 5) is 4.37. The third-order valence-electron chi connectivity index (χ3n) is 4.31. The molecule has 2 aromatic rings. The van der Waals surface area contributed by atoms with Crippen molar-refractivity contribution in [3.63, 3.8) is 0 Å². The monoisotopic (exact) mass is 414 g/mol. The van der Waals surface area contributed by atoms with Gasteiger partial charge in [-0.2, -0.15) is 4.31 Å². The van der Waals surface area contributed by atoms with Gasteiger partial charge in [0, 0.05) is 28.5 Å². The summed E-state index contributed by atoms with van der Waals surface area (Å²) >= 11 is 4.77. The van der Waals surface area contributed by atoms with Crippen molar-refractivity contribution < 1.29 is 8.42 Å². The van der Waals surface area contributed by atoms with E-state index in [2.05, 4.69) is 20.9 Å². The Morgan fingerprint density at radius 2 is 1.83 bits per heavy atom. The van der Waals surface area contributed by atoms with Gasteiger partial charge in [0.2, 0.25) is 0 Å². The highest BCUT2D eigenvalue weighted by Crippen LogP contribution is 2.30. The first-order chi connectivity index (χ1) is 11.0. The van der Waals surface area contributed by atoms with E-state index in [0.717, 1.165) is 40.7 Å². The number of halogens is 1. The number of hydrogen-bond donors (Lipinski definition) is 0. The Balaban J connectivity index is 1.84. The molecule has 3 rings (SSSR count). The minimum atomic E-state index is -3.51. The Labute approximate surface area is 149 Å². The molecule has 1 saturated carbocycles. The lowest BCUT2D eigenvalue weighted by molar-refractivity contribution is 0.285. The van der Waals surface area contributed by atoms with Crippen LogP contribution in [-0.4, -0.2) is 30.8 Å². The van der Waals surface area contributed by atoms with Gasteiger partial charge >= 0.3 is 0 Å². The second-order valence-corrected chi connectivity index (χ2v) is 9.53. The van der Waals surface area contributed by atoms with Gasteiger partial charge in [-0.1, -0.05) is 47.3 Å². The lowest BCUT2D eigenvalue weighted by Crippen LogP contribution is -2.38. The van der Waals surface area contributed by atoms with Gasteiger partial charge < -0.3 is 0 Å². The molecule has 1 heterocycles. The van der Waals surface area contributed by atoms with Crippen LogP contribution >= 0.6 is 27.3 Å². The summed E-state index contributed by atoms with van der Waals surface area (Å²) in [7, 11) is -1.83. The second kappa shape index (κ2) is 7.01. The van der Waals surface area contributed by atoms with Crippen LogP contribution in [0, 0.1) is 0 Å². The number of thiazole rings is 1. The highest BCUT2D eigenvalue weighted by atomic mass is 79.9. The molecule has 0 unspecified atom stereocenters. The van der Waals surface area contributed by atoms with Crippen molar-refractivity contribution >= 4 is 37.3 Å². The fourth-order valence-corrected chi connectivity index (χ4v) is 5.64. The van der Waals surface area contributed by atoms with Crippen molar-refractivity contribution in [2.24, 2.45) is 0 Å². The second-order valence-electron chi connectivity index (χ2n) is 5.81. The van der Waals surface area contributed by atoms with E-state index in [9.17, 15) is 8.42 Å². The first-order valence-electron chi connectivity index (χ1n) is 7.68. The van der Waals surface area contributed by atoms with Crippen LogP contribution in [0.5, 0.6) is 0 Å². The smallest absolute Gasteiger partial charge is 0.223 e. The van der Waals surface area contributed by atoms with Gasteiger partial charge in [0.15, 0.2) is 5.03 Å². The molecule has 0 bridgehead atoms. The molecule has 0 atom stereocenters. The number of rotatable bonds is 4. The fraction of sp³-hybridized carbons (Fsp3) is 0.438. The van der Waals surface area contributed by atoms with Gasteiger partial charge in [-0.25, -0.2) is 13.4 Å². The minimum absolute atomic E-state index is 0.103. The maximum absolute atomic E-state index is 12.8. The van der Waals surface area contributed by atoms with Crippen molar-refractivity contribution in [2.75, 3.05) is 7.05 Å². The van der Waals surface area contributed by atoms with Crippen molar-refractivity contribution in [2.45, 2.75) is 43.2 Å². The first-order valence-corrected chi connectivity index (χ1v) is 10.8. The molecule has 0 N–H and O–H groups in total. The molecule has 23 heavy (non-hydrogen) atoms. The maximum Gasteiger partial charge on any atom is 0.261 e. The van der Waals surface area contributed by atoms with Gasteiger partial charge in [-0.3, -0.25) is 0 Å². The average molecular weight is 415 g/mol. The number of aromatic nitrogens is 1. The Kier molecular flexibility index (Phi) is 5.20. The Morgan fingerprint density at radius 3 is 2.48 bits per heavy atom. The molecule has 0 aliphatic heterocycles. The fourth-order valence-electron chi connectivity index (χ4n) is 2.89. The number of benzene rings is 1. The van der Waals surface area contributed by atoms with Gasteiger partial charge in [0.05, 0.1) is 0 Å². The maximum atomic E-state index is 12.8. The van der Waals surface area contributed by atoms with Gasteiger partial charge in [-0.05, 0) is 25.0 Å². The van der Waals surface area contributed by atoms with E-state index in [1.54, 1.807) is 12.4 Å². The quantitative estimate of drug-likeness (QED) is 0.738. The molecule has 0 amide bonds. The predicted molar refractivity (Wildman–Crippen MR) is 97.1 cm³/mol. The van der Waals surface area contributed by atoms with Crippen LogP contribution in [0.4, 0.5) is 0 Å². The largest absolute Gasteiger partial charge is 0.261 e. The standard InChI is InChI=1S/C16H19BrN2O2S2/c1-19(14-5-3-2-4-6-14)23(20,21)15-11-22-16(18-15)12-7-9-13(17)10-8-12/h7-11,14H,2-6H2,1H3. The molecular formula is C16H19BrN2O2S2. The topological polar surface area (TPSA) is 50.3 Å². The van der Waals surface area contributed by atoms with Crippen molar-refractivity contribution in [1.29, 1.82) is 0 Å². The summed E-state index contributed by atoms with van der Waals surface area (Å²) in [5.74, 6) is 0. The summed E-state index contributed by atoms with van der Waals surface area (Å²) < 4.78 is 28.1. The third-order valence-corrected chi connectivity index (χ3v) is 7.67. The van der Waals surface area contributed by atoms with Crippen LogP contribution in [-0.2, 0) is 10.0 Å². The van der Waals surface area contributed by atoms with E-state index in [1.807, 2.05) is 24.3 Å². The Morgan fingerprint density at radius 1 is 1.17 bits per heavy atom. The summed E-state index contributed by atoms with van der Waals surface area (Å²) in [5, 5.41) is 2.54. The molecule has 0 saturated heterocycles. The summed E-state index contributed by atoms with van der Waals surface area (Å²) in [6, 6.07) is 7.83. The zero-order valence-corrected chi connectivity index (χ0v) is 16.1. The van der Waals surface area contributed by atoms with Crippen LogP contribution in [0.15, 0.2) is 39.1 Å². The van der Waals surface area contributed by atoms with Crippen LogP contribution in [0.1, 0.15) is 32.1 Å². The zero-order valence-electron chi connectivity index (χ0n) is 12.9. The van der Waals surface area contributed by atoms with Crippen molar-refractivity contribution in [3.8, 4) is 10.6 Å². The van der Waals surface area contributed by atoms with Crippen molar-refractivity contribution in [3.05, 3.63) is 34.1 Å². The molecule has 7 heteroatoms. The molecular weight excluding hydrogens is 396 g/mol. The zero-order chi connectivity index (χ0) is 16.4. The SMILES string of the molecule is CN(C1CCCCC1)S(=O)(=O)c1csc(-c2ccc(Br)cc2)n1. The molecule has 1 aromatic heterocycles. The molecule has 0 radical (unpaired) electrons. The van der Waals surface area contributed by atoms with Crippen LogP contribution in [0.3, 0.4) is 0 Å². The molecule has 0 spiro atoms. The highest BCUT2D eigenvalue weighted by Gasteiger charge is 2.30. The number of sulfonamides is 1. The molecule has 124 valence electrons. The molecule has 1 aliphatic carbocycles. The predicted octanol–water partition coefficient (Wildman–Crippen LogP) is 4.53. The lowest BCUT2D eigenvalue weighted by Gasteiger charge is -2.29. The average Bonchev–Trinajstić information content (AvgIpc) is 3.06. The normalized spacial score (nSPS) is 16.8. The Hall–Kier alpha value is -0.760. The van der Waals surface area contributed by atoms with Crippen LogP contribution in [0.25, 0.3) is 10.6 Å². The van der Waals surface area contributed by atoms with E-state index in [-0.39, 0.29) is 11.1 Å². The van der Waals surface area contributed by atoms with Crippen LogP contribution in [0.2, 0.25) is 0 Å². The van der Waals surface area contributed by atoms with E-state index >= 15 is 0 Å². The van der Waals surface area contributed by atoms with E-state index in [1.165, 1.54) is 22.1 Å². The van der Waals surface area contributed by atoms with Crippen molar-refractivity contribution in [1.82, 2.24) is 9.29 Å². The number of hydrogen-bond acceptors (Lipinski definition) is 4. The van der Waals surface area contributed by atoms with E-state index < -0.39 is 10.0 Å². The van der Waals surface area contributed by atoms with Gasteiger partial charge in [0.1, 0.15) is 5.01 Å². The van der Waals surface area contributed by atoms with Gasteiger partial charge in [0.25, 0.3) is 10.0 Å². The first kappa shape index (κ1) is 17.1. The van der Waals surface area contributed by atoms with Gasteiger partial charge in [-0.15, -0.1) is 11.3 Å². The molecule has 1 aliphatic rings. The van der Waals surface area contributed by atoms with E-state index in [4.69, 9.17) is 0 Å². The molecule has 1 fully saturated rings. The third kappa shape index (κ3) is 3.68. The van der Waals surface area contributed by atoms with E-state index in [0.29, 0.717) is 0 Å². The Bertz CT molecular complexity index is 766. The minimum Gasteiger partial charge on any atom is -0.223 e.